The highest BCUT2D eigenvalue weighted by atomic mass is 35.5. The van der Waals surface area contributed by atoms with Gasteiger partial charge in [0.05, 0.1) is 0 Å². The van der Waals surface area contributed by atoms with E-state index < -0.39 is 0 Å². The van der Waals surface area contributed by atoms with Crippen LogP contribution in [0.25, 0.3) is 0 Å². The Morgan fingerprint density at radius 3 is 2.32 bits per heavy atom. The van der Waals surface area contributed by atoms with Crippen LogP contribution in [0.15, 0.2) is 48.5 Å². The maximum atomic E-state index is 5.99. The Balaban J connectivity index is 2.02. The summed E-state index contributed by atoms with van der Waals surface area (Å²) < 4.78 is 0. The second-order valence-electron chi connectivity index (χ2n) is 5.15. The first-order valence-electron chi connectivity index (χ1n) is 6.81. The normalized spacial score (nSPS) is 22.0. The lowest BCUT2D eigenvalue weighted by Crippen LogP contribution is -2.24. The zero-order valence-electron chi connectivity index (χ0n) is 11.1. The van der Waals surface area contributed by atoms with Crippen molar-refractivity contribution in [3.8, 4) is 0 Å². The molecule has 0 amide bonds. The Hall–Kier alpha value is -1.31. The van der Waals surface area contributed by atoms with Gasteiger partial charge in [0, 0.05) is 17.0 Å². The van der Waals surface area contributed by atoms with Crippen molar-refractivity contribution in [1.29, 1.82) is 0 Å². The van der Waals surface area contributed by atoms with Gasteiger partial charge in [-0.3, -0.25) is 0 Å². The fraction of sp³-hybridized carbons (Fsp3) is 0.294. The minimum absolute atomic E-state index is 0.486. The molecule has 2 heteroatoms. The number of nitrogens with one attached hydrogen (secondary N) is 1. The summed E-state index contributed by atoms with van der Waals surface area (Å²) >= 11 is 5.99. The second kappa shape index (κ2) is 5.36. The van der Waals surface area contributed by atoms with Crippen LogP contribution >= 0.6 is 11.6 Å². The van der Waals surface area contributed by atoms with Crippen LogP contribution in [0.1, 0.15) is 41.5 Å². The zero-order valence-corrected chi connectivity index (χ0v) is 11.8. The van der Waals surface area contributed by atoms with Gasteiger partial charge in [-0.25, -0.2) is 0 Å². The van der Waals surface area contributed by atoms with Gasteiger partial charge in [0.2, 0.25) is 0 Å². The first-order valence-corrected chi connectivity index (χ1v) is 7.19. The number of fused-ring (bicyclic) bond motifs is 1. The van der Waals surface area contributed by atoms with Crippen molar-refractivity contribution in [1.82, 2.24) is 5.32 Å². The number of benzene rings is 2. The van der Waals surface area contributed by atoms with Gasteiger partial charge in [-0.1, -0.05) is 48.0 Å². The van der Waals surface area contributed by atoms with Crippen LogP contribution in [0.5, 0.6) is 0 Å². The molecule has 3 rings (SSSR count). The van der Waals surface area contributed by atoms with E-state index >= 15 is 0 Å². The summed E-state index contributed by atoms with van der Waals surface area (Å²) in [7, 11) is 2.05. The molecule has 1 aliphatic rings. The molecule has 19 heavy (non-hydrogen) atoms. The van der Waals surface area contributed by atoms with Gasteiger partial charge < -0.3 is 5.32 Å². The third-order valence-electron chi connectivity index (χ3n) is 4.11. The van der Waals surface area contributed by atoms with E-state index in [1.807, 2.05) is 19.2 Å². The van der Waals surface area contributed by atoms with E-state index in [1.165, 1.54) is 29.5 Å². The maximum absolute atomic E-state index is 5.99. The van der Waals surface area contributed by atoms with Crippen LogP contribution < -0.4 is 5.32 Å². The molecule has 2 aromatic carbocycles. The molecule has 1 N–H and O–H groups in total. The van der Waals surface area contributed by atoms with Gasteiger partial charge in [-0.05, 0) is 48.7 Å². The topological polar surface area (TPSA) is 12.0 Å². The molecular formula is C17H18ClN. The van der Waals surface area contributed by atoms with Crippen molar-refractivity contribution in [3.63, 3.8) is 0 Å². The number of hydrogen-bond donors (Lipinski definition) is 1. The van der Waals surface area contributed by atoms with E-state index in [2.05, 4.69) is 41.7 Å². The fourth-order valence-electron chi connectivity index (χ4n) is 3.13. The Morgan fingerprint density at radius 2 is 1.63 bits per heavy atom. The zero-order chi connectivity index (χ0) is 13.2. The molecule has 0 aromatic heterocycles. The van der Waals surface area contributed by atoms with Crippen molar-refractivity contribution in [2.75, 3.05) is 7.05 Å². The van der Waals surface area contributed by atoms with Crippen LogP contribution in [0.4, 0.5) is 0 Å². The third kappa shape index (κ3) is 2.41. The van der Waals surface area contributed by atoms with Gasteiger partial charge in [0.15, 0.2) is 0 Å². The molecular weight excluding hydrogens is 254 g/mol. The second-order valence-corrected chi connectivity index (χ2v) is 5.59. The predicted molar refractivity (Wildman–Crippen MR) is 80.8 cm³/mol. The van der Waals surface area contributed by atoms with Gasteiger partial charge in [0.25, 0.3) is 0 Å². The summed E-state index contributed by atoms with van der Waals surface area (Å²) in [6.45, 7) is 0. The summed E-state index contributed by atoms with van der Waals surface area (Å²) in [5.74, 6) is 0.498. The predicted octanol–water partition coefficient (Wildman–Crippen LogP) is 4.53. The van der Waals surface area contributed by atoms with Crippen LogP contribution in [-0.2, 0) is 0 Å². The van der Waals surface area contributed by atoms with Crippen molar-refractivity contribution in [3.05, 3.63) is 70.2 Å². The highest BCUT2D eigenvalue weighted by molar-refractivity contribution is 6.30. The molecule has 0 saturated heterocycles. The smallest absolute Gasteiger partial charge is 0.0406 e. The lowest BCUT2D eigenvalue weighted by Gasteiger charge is -2.31. The Bertz CT molecular complexity index is 562. The van der Waals surface area contributed by atoms with Crippen molar-refractivity contribution >= 4 is 11.6 Å². The van der Waals surface area contributed by atoms with Crippen LogP contribution in [0, 0.1) is 0 Å². The van der Waals surface area contributed by atoms with Crippen LogP contribution in [-0.4, -0.2) is 7.05 Å². The molecule has 0 radical (unpaired) electrons. The Kier molecular flexibility index (Phi) is 3.58. The largest absolute Gasteiger partial charge is 0.313 e. The van der Waals surface area contributed by atoms with E-state index in [9.17, 15) is 0 Å². The van der Waals surface area contributed by atoms with Gasteiger partial charge >= 0.3 is 0 Å². The lowest BCUT2D eigenvalue weighted by atomic mass is 9.77. The van der Waals surface area contributed by atoms with E-state index in [1.54, 1.807) is 0 Å². The van der Waals surface area contributed by atoms with E-state index in [0.29, 0.717) is 12.0 Å². The summed E-state index contributed by atoms with van der Waals surface area (Å²) in [5.41, 5.74) is 4.26. The molecule has 0 unspecified atom stereocenters. The molecule has 2 aromatic rings. The standard InChI is InChI=1S/C17H18ClN/c1-19-17-11-10-14(12-6-8-13(18)9-7-12)15-4-2-3-5-16(15)17/h2-9,14,17,19H,10-11H2,1H3/t14-,17+/m1/s1. The van der Waals surface area contributed by atoms with E-state index in [-0.39, 0.29) is 0 Å². The molecule has 1 aliphatic carbocycles. The average molecular weight is 272 g/mol. The number of halogens is 1. The molecule has 98 valence electrons. The molecule has 2 atom stereocenters. The summed E-state index contributed by atoms with van der Waals surface area (Å²) in [6.07, 6.45) is 2.37. The Labute approximate surface area is 119 Å². The van der Waals surface area contributed by atoms with E-state index in [4.69, 9.17) is 11.6 Å². The van der Waals surface area contributed by atoms with Crippen molar-refractivity contribution in [2.45, 2.75) is 24.8 Å². The monoisotopic (exact) mass is 271 g/mol. The quantitative estimate of drug-likeness (QED) is 0.846. The molecule has 0 fully saturated rings. The summed E-state index contributed by atoms with van der Waals surface area (Å²) in [5, 5.41) is 4.23. The van der Waals surface area contributed by atoms with Gasteiger partial charge in [-0.2, -0.15) is 0 Å². The van der Waals surface area contributed by atoms with Crippen molar-refractivity contribution < 1.29 is 0 Å². The van der Waals surface area contributed by atoms with E-state index in [0.717, 1.165) is 5.02 Å². The first-order chi connectivity index (χ1) is 9.29. The minimum Gasteiger partial charge on any atom is -0.313 e. The molecule has 0 saturated carbocycles. The number of hydrogen-bond acceptors (Lipinski definition) is 1. The SMILES string of the molecule is CN[C@H]1CC[C@H](c2ccc(Cl)cc2)c2ccccc21. The number of rotatable bonds is 2. The van der Waals surface area contributed by atoms with Gasteiger partial charge in [0.1, 0.15) is 0 Å². The fourth-order valence-corrected chi connectivity index (χ4v) is 3.26. The molecule has 0 aliphatic heterocycles. The minimum atomic E-state index is 0.486. The highest BCUT2D eigenvalue weighted by Gasteiger charge is 2.26. The van der Waals surface area contributed by atoms with Crippen LogP contribution in [0.2, 0.25) is 5.02 Å². The average Bonchev–Trinajstić information content (AvgIpc) is 2.47. The molecule has 1 nitrogen and oxygen atoms in total. The van der Waals surface area contributed by atoms with Gasteiger partial charge in [-0.15, -0.1) is 0 Å². The summed E-state index contributed by atoms with van der Waals surface area (Å²) in [4.78, 5) is 0. The van der Waals surface area contributed by atoms with Crippen molar-refractivity contribution in [2.24, 2.45) is 0 Å². The Morgan fingerprint density at radius 1 is 0.947 bits per heavy atom. The molecule has 0 heterocycles. The first kappa shape index (κ1) is 12.7. The maximum Gasteiger partial charge on any atom is 0.0406 e. The summed E-state index contributed by atoms with van der Waals surface area (Å²) in [6, 6.07) is 17.6. The lowest BCUT2D eigenvalue weighted by molar-refractivity contribution is 0.471. The highest BCUT2D eigenvalue weighted by Crippen LogP contribution is 2.41. The molecule has 0 spiro atoms. The van der Waals surface area contributed by atoms with Crippen LogP contribution in [0.3, 0.4) is 0 Å². The third-order valence-corrected chi connectivity index (χ3v) is 4.36. The molecule has 0 bridgehead atoms.